The second-order valence-corrected chi connectivity index (χ2v) is 12.6. The van der Waals surface area contributed by atoms with Gasteiger partial charge in [-0.1, -0.05) is 121 Å². The quantitative estimate of drug-likeness (QED) is 0.184. The summed E-state index contributed by atoms with van der Waals surface area (Å²) >= 11 is 0. The van der Waals surface area contributed by atoms with Crippen molar-refractivity contribution in [1.82, 2.24) is 0 Å². The lowest BCUT2D eigenvalue weighted by atomic mass is 9.98. The first kappa shape index (κ1) is 26.8. The van der Waals surface area contributed by atoms with Gasteiger partial charge in [-0.3, -0.25) is 0 Å². The molecule has 0 N–H and O–H groups in total. The molecule has 1 heterocycles. The molecule has 0 unspecified atom stereocenters. The van der Waals surface area contributed by atoms with Crippen molar-refractivity contribution in [2.75, 3.05) is 4.90 Å². The maximum atomic E-state index is 6.37. The Morgan fingerprint density at radius 1 is 0.333 bits per heavy atom. The molecule has 0 amide bonds. The van der Waals surface area contributed by atoms with Crippen LogP contribution in [-0.4, -0.2) is 0 Å². The summed E-state index contributed by atoms with van der Waals surface area (Å²) in [6.07, 6.45) is 0. The van der Waals surface area contributed by atoms with E-state index in [0.29, 0.717) is 0 Å². The SMILES string of the molecule is c1ccc(N(c2ccc3ccccc3c2)c2ccc3c(ccc4ccccc43)c2)c(-c2ccc3oc4cc5ccccc5cc4c3c2)c1. The van der Waals surface area contributed by atoms with Crippen LogP contribution in [-0.2, 0) is 0 Å². The van der Waals surface area contributed by atoms with Crippen molar-refractivity contribution in [2.24, 2.45) is 0 Å². The Balaban J connectivity index is 1.19. The topological polar surface area (TPSA) is 16.4 Å². The van der Waals surface area contributed by atoms with E-state index in [4.69, 9.17) is 4.42 Å². The lowest BCUT2D eigenvalue weighted by molar-refractivity contribution is 0.669. The first-order chi connectivity index (χ1) is 23.8. The largest absolute Gasteiger partial charge is 0.456 e. The molecule has 0 aliphatic rings. The van der Waals surface area contributed by atoms with Gasteiger partial charge in [-0.2, -0.15) is 0 Å². The number of anilines is 3. The van der Waals surface area contributed by atoms with Gasteiger partial charge in [-0.15, -0.1) is 0 Å². The van der Waals surface area contributed by atoms with Gasteiger partial charge in [-0.05, 0) is 103 Å². The van der Waals surface area contributed by atoms with Crippen LogP contribution in [0.3, 0.4) is 0 Å². The number of para-hydroxylation sites is 1. The van der Waals surface area contributed by atoms with Crippen molar-refractivity contribution in [3.8, 4) is 11.1 Å². The van der Waals surface area contributed by atoms with Crippen LogP contribution in [0.15, 0.2) is 180 Å². The Morgan fingerprint density at radius 2 is 0.917 bits per heavy atom. The Hall–Kier alpha value is -6.38. The molecule has 0 atom stereocenters. The zero-order chi connectivity index (χ0) is 31.6. The predicted octanol–water partition coefficient (Wildman–Crippen LogP) is 13.3. The summed E-state index contributed by atoms with van der Waals surface area (Å²) in [4.78, 5) is 2.40. The first-order valence-electron chi connectivity index (χ1n) is 16.4. The van der Waals surface area contributed by atoms with Crippen molar-refractivity contribution in [3.05, 3.63) is 176 Å². The van der Waals surface area contributed by atoms with E-state index in [1.165, 1.54) is 43.1 Å². The van der Waals surface area contributed by atoms with Crippen LogP contribution >= 0.6 is 0 Å². The molecule has 0 spiro atoms. The third-order valence-electron chi connectivity index (χ3n) is 9.77. The number of benzene rings is 9. The second-order valence-electron chi connectivity index (χ2n) is 12.6. The highest BCUT2D eigenvalue weighted by Gasteiger charge is 2.19. The molecule has 224 valence electrons. The summed E-state index contributed by atoms with van der Waals surface area (Å²) in [6, 6.07) is 63.5. The molecule has 2 heteroatoms. The minimum absolute atomic E-state index is 0.898. The number of furan rings is 1. The van der Waals surface area contributed by atoms with E-state index >= 15 is 0 Å². The van der Waals surface area contributed by atoms with Crippen molar-refractivity contribution in [3.63, 3.8) is 0 Å². The van der Waals surface area contributed by atoms with Gasteiger partial charge in [-0.25, -0.2) is 0 Å². The molecule has 0 saturated heterocycles. The fraction of sp³-hybridized carbons (Fsp3) is 0. The van der Waals surface area contributed by atoms with Gasteiger partial charge in [0.25, 0.3) is 0 Å². The monoisotopic (exact) mass is 611 g/mol. The number of fused-ring (bicyclic) bond motifs is 8. The molecule has 0 aliphatic heterocycles. The lowest BCUT2D eigenvalue weighted by Crippen LogP contribution is -2.11. The maximum Gasteiger partial charge on any atom is 0.136 e. The Bertz CT molecular complexity index is 2860. The molecule has 2 nitrogen and oxygen atoms in total. The van der Waals surface area contributed by atoms with Crippen LogP contribution in [0.25, 0.3) is 76.2 Å². The van der Waals surface area contributed by atoms with Crippen LogP contribution in [0.1, 0.15) is 0 Å². The van der Waals surface area contributed by atoms with Crippen molar-refractivity contribution >= 4 is 82.1 Å². The van der Waals surface area contributed by atoms with Gasteiger partial charge < -0.3 is 9.32 Å². The van der Waals surface area contributed by atoms with Gasteiger partial charge in [0.05, 0.1) is 5.69 Å². The van der Waals surface area contributed by atoms with Crippen molar-refractivity contribution in [2.45, 2.75) is 0 Å². The zero-order valence-corrected chi connectivity index (χ0v) is 26.1. The molecule has 0 aliphatic carbocycles. The van der Waals surface area contributed by atoms with Gasteiger partial charge in [0.1, 0.15) is 11.2 Å². The van der Waals surface area contributed by atoms with Gasteiger partial charge in [0.15, 0.2) is 0 Å². The van der Waals surface area contributed by atoms with Gasteiger partial charge in [0.2, 0.25) is 0 Å². The van der Waals surface area contributed by atoms with E-state index in [-0.39, 0.29) is 0 Å². The zero-order valence-electron chi connectivity index (χ0n) is 26.1. The summed E-state index contributed by atoms with van der Waals surface area (Å²) in [5, 5.41) is 12.1. The van der Waals surface area contributed by atoms with Crippen LogP contribution < -0.4 is 4.90 Å². The Morgan fingerprint density at radius 3 is 1.77 bits per heavy atom. The minimum atomic E-state index is 0.898. The summed E-state index contributed by atoms with van der Waals surface area (Å²) < 4.78 is 6.37. The summed E-state index contributed by atoms with van der Waals surface area (Å²) in [5.41, 5.74) is 7.45. The second kappa shape index (κ2) is 10.6. The van der Waals surface area contributed by atoms with Crippen LogP contribution in [0.4, 0.5) is 17.1 Å². The molecule has 48 heavy (non-hydrogen) atoms. The average molecular weight is 612 g/mol. The first-order valence-corrected chi connectivity index (χ1v) is 16.4. The van der Waals surface area contributed by atoms with E-state index in [9.17, 15) is 0 Å². The molecule has 0 saturated carbocycles. The molecule has 9 aromatic carbocycles. The van der Waals surface area contributed by atoms with Crippen molar-refractivity contribution in [1.29, 1.82) is 0 Å². The number of hydrogen-bond acceptors (Lipinski definition) is 2. The van der Waals surface area contributed by atoms with Gasteiger partial charge >= 0.3 is 0 Å². The molecular formula is C46H29NO. The smallest absolute Gasteiger partial charge is 0.136 e. The predicted molar refractivity (Wildman–Crippen MR) is 204 cm³/mol. The van der Waals surface area contributed by atoms with Crippen LogP contribution in [0.5, 0.6) is 0 Å². The third-order valence-corrected chi connectivity index (χ3v) is 9.77. The van der Waals surface area contributed by atoms with Crippen LogP contribution in [0, 0.1) is 0 Å². The normalized spacial score (nSPS) is 11.8. The molecule has 10 rings (SSSR count). The number of rotatable bonds is 4. The van der Waals surface area contributed by atoms with E-state index in [0.717, 1.165) is 50.1 Å². The molecular weight excluding hydrogens is 583 g/mol. The van der Waals surface area contributed by atoms with Gasteiger partial charge in [0, 0.05) is 27.7 Å². The summed E-state index contributed by atoms with van der Waals surface area (Å²) in [5.74, 6) is 0. The maximum absolute atomic E-state index is 6.37. The fourth-order valence-electron chi connectivity index (χ4n) is 7.43. The highest BCUT2D eigenvalue weighted by Crippen LogP contribution is 2.44. The third kappa shape index (κ3) is 4.27. The Kier molecular flexibility index (Phi) is 5.91. The number of nitrogens with zero attached hydrogens (tertiary/aromatic N) is 1. The molecule has 0 radical (unpaired) electrons. The summed E-state index contributed by atoms with van der Waals surface area (Å²) in [6.45, 7) is 0. The highest BCUT2D eigenvalue weighted by molar-refractivity contribution is 6.12. The number of hydrogen-bond donors (Lipinski definition) is 0. The standard InChI is InChI=1S/C46H29NO/c1-2-11-32-25-37(21-19-30(32)9-1)47(38-22-23-40-35(26-38)18-17-31-10-5-6-14-39(31)40)44-16-8-7-15-41(44)36-20-24-45-42(28-36)43-27-33-12-3-4-13-34(33)29-46(43)48-45/h1-29H. The highest BCUT2D eigenvalue weighted by atomic mass is 16.3. The molecule has 10 aromatic rings. The van der Waals surface area contributed by atoms with E-state index < -0.39 is 0 Å². The molecule has 0 bridgehead atoms. The van der Waals surface area contributed by atoms with E-state index in [2.05, 4.69) is 181 Å². The molecule has 1 aromatic heterocycles. The fourth-order valence-corrected chi connectivity index (χ4v) is 7.43. The summed E-state index contributed by atoms with van der Waals surface area (Å²) in [7, 11) is 0. The van der Waals surface area contributed by atoms with Crippen molar-refractivity contribution < 1.29 is 4.42 Å². The minimum Gasteiger partial charge on any atom is -0.456 e. The lowest BCUT2D eigenvalue weighted by Gasteiger charge is -2.28. The van der Waals surface area contributed by atoms with Crippen LogP contribution in [0.2, 0.25) is 0 Å². The van der Waals surface area contributed by atoms with E-state index in [1.54, 1.807) is 0 Å². The Labute approximate surface area is 277 Å². The molecule has 0 fully saturated rings. The van der Waals surface area contributed by atoms with E-state index in [1.807, 2.05) is 0 Å². The average Bonchev–Trinajstić information content (AvgIpc) is 3.50.